The number of aldehydes is 1. The Kier molecular flexibility index (Phi) is 9.14. The highest BCUT2D eigenvalue weighted by molar-refractivity contribution is 6.31. The zero-order chi connectivity index (χ0) is 30.6. The highest BCUT2D eigenvalue weighted by Crippen LogP contribution is 2.51. The molecule has 4 aromatic carbocycles. The van der Waals surface area contributed by atoms with Crippen LogP contribution in [0.25, 0.3) is 0 Å². The molecule has 0 aromatic heterocycles. The summed E-state index contributed by atoms with van der Waals surface area (Å²) in [5.41, 5.74) is 2.71. The molecule has 228 valence electrons. The summed E-state index contributed by atoms with van der Waals surface area (Å²) in [5, 5.41) is 12.2. The lowest BCUT2D eigenvalue weighted by Gasteiger charge is -2.48. The molecule has 4 aromatic rings. The molecule has 5 atom stereocenters. The Bertz CT molecular complexity index is 1550. The van der Waals surface area contributed by atoms with Gasteiger partial charge in [0, 0.05) is 10.6 Å². The summed E-state index contributed by atoms with van der Waals surface area (Å²) in [6.45, 7) is 2.78. The number of halogens is 1. The number of carbonyl (C=O) groups excluding carboxylic acids is 1. The Morgan fingerprint density at radius 3 is 2.18 bits per heavy atom. The van der Waals surface area contributed by atoms with Gasteiger partial charge in [-0.2, -0.15) is 0 Å². The van der Waals surface area contributed by atoms with E-state index in [0.717, 1.165) is 28.0 Å². The largest absolute Gasteiger partial charge is 0.494 e. The highest BCUT2D eigenvalue weighted by Gasteiger charge is 2.69. The van der Waals surface area contributed by atoms with Gasteiger partial charge in [-0.25, -0.2) is 0 Å². The number of rotatable bonds is 12. The smallest absolute Gasteiger partial charge is 0.226 e. The number of hydrogen-bond donors (Lipinski definition) is 1. The number of hydrogen-bond acceptors (Lipinski definition) is 7. The SMILES string of the molecule is CCOc1ccc(Cc2cc([C@]34OC[C@](C=O)(O3)[C@H](O)[C@H](OCc3ccccc3)[C@H]4OCc3ccccc3)ccc2Cl)cc1. The van der Waals surface area contributed by atoms with Crippen LogP contribution in [0.3, 0.4) is 0 Å². The van der Waals surface area contributed by atoms with E-state index in [2.05, 4.69) is 0 Å². The molecule has 0 aliphatic carbocycles. The van der Waals surface area contributed by atoms with E-state index >= 15 is 0 Å². The number of aliphatic hydroxyl groups is 1. The van der Waals surface area contributed by atoms with E-state index in [1.54, 1.807) is 6.07 Å². The third-order valence-corrected chi connectivity index (χ3v) is 8.54. The molecule has 2 saturated heterocycles. The molecule has 44 heavy (non-hydrogen) atoms. The Morgan fingerprint density at radius 2 is 1.55 bits per heavy atom. The maximum absolute atomic E-state index is 12.6. The first-order chi connectivity index (χ1) is 21.5. The molecular weight excluding hydrogens is 580 g/mol. The van der Waals surface area contributed by atoms with Crippen molar-refractivity contribution in [2.24, 2.45) is 0 Å². The Labute approximate surface area is 262 Å². The second-order valence-corrected chi connectivity index (χ2v) is 11.5. The molecule has 0 spiro atoms. The average Bonchev–Trinajstić information content (AvgIpc) is 3.43. The molecule has 2 aliphatic rings. The van der Waals surface area contributed by atoms with Gasteiger partial charge in [0.2, 0.25) is 5.79 Å². The predicted octanol–water partition coefficient (Wildman–Crippen LogP) is 6.01. The van der Waals surface area contributed by atoms with Crippen LogP contribution in [0.2, 0.25) is 5.02 Å². The quantitative estimate of drug-likeness (QED) is 0.196. The van der Waals surface area contributed by atoms with Crippen LogP contribution in [-0.4, -0.2) is 48.5 Å². The number of ether oxygens (including phenoxy) is 5. The van der Waals surface area contributed by atoms with E-state index < -0.39 is 29.7 Å². The third kappa shape index (κ3) is 6.04. The van der Waals surface area contributed by atoms with Gasteiger partial charge >= 0.3 is 0 Å². The van der Waals surface area contributed by atoms with Crippen molar-refractivity contribution in [3.05, 3.63) is 136 Å². The average molecular weight is 615 g/mol. The Morgan fingerprint density at radius 1 is 0.886 bits per heavy atom. The minimum absolute atomic E-state index is 0.162. The van der Waals surface area contributed by atoms with Crippen LogP contribution in [0.15, 0.2) is 103 Å². The van der Waals surface area contributed by atoms with E-state index in [1.807, 2.05) is 104 Å². The van der Waals surface area contributed by atoms with Crippen molar-refractivity contribution < 1.29 is 33.6 Å². The van der Waals surface area contributed by atoms with E-state index in [9.17, 15) is 9.90 Å². The lowest BCUT2D eigenvalue weighted by Crippen LogP contribution is -2.66. The Balaban J connectivity index is 1.37. The molecule has 6 rings (SSSR count). The van der Waals surface area contributed by atoms with Gasteiger partial charge in [0.05, 0.1) is 26.4 Å². The zero-order valence-electron chi connectivity index (χ0n) is 24.4. The van der Waals surface area contributed by atoms with Gasteiger partial charge in [-0.15, -0.1) is 0 Å². The molecule has 0 saturated carbocycles. The summed E-state index contributed by atoms with van der Waals surface area (Å²) in [4.78, 5) is 12.6. The van der Waals surface area contributed by atoms with Crippen LogP contribution in [0.4, 0.5) is 0 Å². The summed E-state index contributed by atoms with van der Waals surface area (Å²) < 4.78 is 31.4. The van der Waals surface area contributed by atoms with Crippen molar-refractivity contribution >= 4 is 17.9 Å². The summed E-state index contributed by atoms with van der Waals surface area (Å²) in [6.07, 6.45) is -2.07. The first-order valence-corrected chi connectivity index (χ1v) is 15.1. The molecule has 8 heteroatoms. The molecule has 0 unspecified atom stereocenters. The van der Waals surface area contributed by atoms with Gasteiger partial charge in [-0.1, -0.05) is 90.5 Å². The number of benzene rings is 4. The number of aliphatic hydroxyl groups excluding tert-OH is 1. The lowest BCUT2D eigenvalue weighted by atomic mass is 9.83. The number of fused-ring (bicyclic) bond motifs is 2. The van der Waals surface area contributed by atoms with Gasteiger partial charge in [0.25, 0.3) is 0 Å². The van der Waals surface area contributed by atoms with Crippen molar-refractivity contribution in [1.29, 1.82) is 0 Å². The van der Waals surface area contributed by atoms with Crippen LogP contribution in [0, 0.1) is 0 Å². The van der Waals surface area contributed by atoms with Gasteiger partial charge in [-0.3, -0.25) is 4.79 Å². The fraction of sp³-hybridized carbons (Fsp3) is 0.306. The molecule has 1 N–H and O–H groups in total. The van der Waals surface area contributed by atoms with E-state index in [-0.39, 0.29) is 19.8 Å². The van der Waals surface area contributed by atoms with Gasteiger partial charge in [0.1, 0.15) is 24.1 Å². The second kappa shape index (κ2) is 13.2. The second-order valence-electron chi connectivity index (χ2n) is 11.1. The van der Waals surface area contributed by atoms with Crippen LogP contribution in [0.5, 0.6) is 5.75 Å². The maximum Gasteiger partial charge on any atom is 0.226 e. The molecule has 2 heterocycles. The zero-order valence-corrected chi connectivity index (χ0v) is 25.2. The van der Waals surface area contributed by atoms with Crippen LogP contribution in [-0.2, 0) is 49.2 Å². The molecule has 2 fully saturated rings. The first kappa shape index (κ1) is 30.5. The Hall–Kier alpha value is -3.56. The highest BCUT2D eigenvalue weighted by atomic mass is 35.5. The molecule has 0 radical (unpaired) electrons. The van der Waals surface area contributed by atoms with Crippen molar-refractivity contribution in [2.45, 2.75) is 56.3 Å². The normalized spacial score (nSPS) is 25.9. The molecule has 0 amide bonds. The summed E-state index contributed by atoms with van der Waals surface area (Å²) >= 11 is 6.71. The van der Waals surface area contributed by atoms with Gasteiger partial charge in [-0.05, 0) is 59.9 Å². The van der Waals surface area contributed by atoms with Crippen molar-refractivity contribution in [2.75, 3.05) is 13.2 Å². The first-order valence-electron chi connectivity index (χ1n) is 14.8. The maximum atomic E-state index is 12.6. The van der Waals surface area contributed by atoms with Crippen LogP contribution in [0.1, 0.15) is 34.7 Å². The summed E-state index contributed by atoms with van der Waals surface area (Å²) in [7, 11) is 0. The monoisotopic (exact) mass is 614 g/mol. The topological polar surface area (TPSA) is 83.5 Å². The number of carbonyl (C=O) groups is 1. The van der Waals surface area contributed by atoms with Crippen molar-refractivity contribution in [3.63, 3.8) is 0 Å². The minimum Gasteiger partial charge on any atom is -0.494 e. The van der Waals surface area contributed by atoms with E-state index in [0.29, 0.717) is 29.9 Å². The lowest BCUT2D eigenvalue weighted by molar-refractivity contribution is -0.335. The molecule has 2 aliphatic heterocycles. The van der Waals surface area contributed by atoms with E-state index in [1.165, 1.54) is 0 Å². The fourth-order valence-electron chi connectivity index (χ4n) is 5.87. The molecule has 2 bridgehead atoms. The summed E-state index contributed by atoms with van der Waals surface area (Å²) in [5.74, 6) is -0.748. The molecule has 7 nitrogen and oxygen atoms in total. The van der Waals surface area contributed by atoms with Gasteiger partial charge in [0.15, 0.2) is 11.9 Å². The van der Waals surface area contributed by atoms with Crippen LogP contribution < -0.4 is 4.74 Å². The van der Waals surface area contributed by atoms with Crippen molar-refractivity contribution in [3.8, 4) is 5.75 Å². The fourth-order valence-corrected chi connectivity index (χ4v) is 6.05. The summed E-state index contributed by atoms with van der Waals surface area (Å²) in [6, 6.07) is 32.7. The molecular formula is C36H35ClO7. The van der Waals surface area contributed by atoms with Crippen LogP contribution >= 0.6 is 11.6 Å². The van der Waals surface area contributed by atoms with E-state index in [4.69, 9.17) is 35.3 Å². The van der Waals surface area contributed by atoms with Crippen molar-refractivity contribution in [1.82, 2.24) is 0 Å². The van der Waals surface area contributed by atoms with Gasteiger partial charge < -0.3 is 28.8 Å². The third-order valence-electron chi connectivity index (χ3n) is 8.17. The standard InChI is InChI=1S/C36H35ClO7/c1-2-40-30-16-13-25(14-17-30)19-28-20-29(15-18-31(28)37)36-34(42-22-27-11-7-4-8-12-27)32(41-21-26-9-5-3-6-10-26)33(39)35(23-38,44-36)24-43-36/h3-18,20,23,32-34,39H,2,19,21-22,24H2,1H3/t32-,33+,34+,35-,36-/m0/s1. The minimum atomic E-state index is -1.64. The predicted molar refractivity (Wildman–Crippen MR) is 165 cm³/mol.